The van der Waals surface area contributed by atoms with Gasteiger partial charge in [0, 0.05) is 11.1 Å². The van der Waals surface area contributed by atoms with E-state index in [1.807, 2.05) is 31.2 Å². The Bertz CT molecular complexity index is 600. The molecule has 1 aromatic carbocycles. The van der Waals surface area contributed by atoms with E-state index >= 15 is 0 Å². The minimum absolute atomic E-state index is 0.0466. The number of imide groups is 1. The van der Waals surface area contributed by atoms with Crippen LogP contribution in [0.3, 0.4) is 0 Å². The Balaban J connectivity index is 1.67. The third-order valence-corrected chi connectivity index (χ3v) is 6.44. The Hall–Kier alpha value is -1.20. The topological polar surface area (TPSA) is 49.4 Å². The number of halogens is 1. The van der Waals surface area contributed by atoms with Crippen LogP contribution in [0.15, 0.2) is 24.3 Å². The molecular formula is C18H23ClN2O2S. The maximum atomic E-state index is 12.6. The standard InChI is InChI=1S/C18H23ClN2O2S/c1-12-16(13-8-10-14(19)11-9-13)24-18(23)21(12)17(22)20-15-6-4-2-3-5-7-15/h8-12,15-16H,2-7H2,1H3,(H,20,22)/t12-,16+/m1/s1. The summed E-state index contributed by atoms with van der Waals surface area (Å²) in [4.78, 5) is 26.4. The van der Waals surface area contributed by atoms with E-state index in [2.05, 4.69) is 5.32 Å². The second-order valence-corrected chi connectivity index (χ2v) is 8.13. The molecule has 1 aromatic rings. The third-order valence-electron chi connectivity index (χ3n) is 4.87. The fourth-order valence-corrected chi connectivity index (χ4v) is 4.82. The van der Waals surface area contributed by atoms with Crippen molar-refractivity contribution in [1.29, 1.82) is 0 Å². The van der Waals surface area contributed by atoms with Gasteiger partial charge >= 0.3 is 6.03 Å². The highest BCUT2D eigenvalue weighted by Crippen LogP contribution is 2.43. The monoisotopic (exact) mass is 366 g/mol. The normalized spacial score (nSPS) is 25.6. The molecule has 0 radical (unpaired) electrons. The quantitative estimate of drug-likeness (QED) is 0.715. The van der Waals surface area contributed by atoms with Crippen molar-refractivity contribution in [3.63, 3.8) is 0 Å². The van der Waals surface area contributed by atoms with Crippen molar-refractivity contribution < 1.29 is 9.59 Å². The predicted molar refractivity (Wildman–Crippen MR) is 98.5 cm³/mol. The maximum Gasteiger partial charge on any atom is 0.325 e. The number of thioether (sulfide) groups is 1. The van der Waals surface area contributed by atoms with Gasteiger partial charge in [-0.2, -0.15) is 0 Å². The number of rotatable bonds is 2. The summed E-state index contributed by atoms with van der Waals surface area (Å²) in [6.45, 7) is 1.93. The summed E-state index contributed by atoms with van der Waals surface area (Å²) < 4.78 is 0. The second kappa shape index (κ2) is 7.79. The van der Waals surface area contributed by atoms with Gasteiger partial charge in [0.1, 0.15) is 0 Å². The van der Waals surface area contributed by atoms with E-state index in [1.54, 1.807) is 0 Å². The van der Waals surface area contributed by atoms with Crippen LogP contribution in [0.2, 0.25) is 5.02 Å². The molecule has 6 heteroatoms. The number of nitrogens with zero attached hydrogens (tertiary/aromatic N) is 1. The molecule has 1 saturated carbocycles. The van der Waals surface area contributed by atoms with E-state index < -0.39 is 0 Å². The molecule has 1 aliphatic heterocycles. The molecular weight excluding hydrogens is 344 g/mol. The van der Waals surface area contributed by atoms with Gasteiger partial charge in [0.15, 0.2) is 0 Å². The molecule has 24 heavy (non-hydrogen) atoms. The molecule has 2 aliphatic rings. The molecule has 3 amide bonds. The maximum absolute atomic E-state index is 12.6. The lowest BCUT2D eigenvalue weighted by molar-refractivity contribution is 0.186. The molecule has 0 unspecified atom stereocenters. The van der Waals surface area contributed by atoms with Crippen molar-refractivity contribution in [2.45, 2.75) is 62.8 Å². The molecule has 3 rings (SSSR count). The Morgan fingerprint density at radius 3 is 2.42 bits per heavy atom. The van der Waals surface area contributed by atoms with E-state index in [-0.39, 0.29) is 28.6 Å². The first-order chi connectivity index (χ1) is 11.6. The zero-order valence-electron chi connectivity index (χ0n) is 13.8. The van der Waals surface area contributed by atoms with E-state index in [1.165, 1.54) is 29.5 Å². The molecule has 1 aliphatic carbocycles. The number of carbonyl (C=O) groups is 2. The van der Waals surface area contributed by atoms with Crippen LogP contribution in [0.25, 0.3) is 0 Å². The highest BCUT2D eigenvalue weighted by atomic mass is 35.5. The van der Waals surface area contributed by atoms with Crippen LogP contribution in [-0.4, -0.2) is 28.3 Å². The zero-order chi connectivity index (χ0) is 17.1. The first-order valence-corrected chi connectivity index (χ1v) is 9.88. The van der Waals surface area contributed by atoms with E-state index in [0.717, 1.165) is 31.2 Å². The first-order valence-electron chi connectivity index (χ1n) is 8.62. The summed E-state index contributed by atoms with van der Waals surface area (Å²) in [5.74, 6) is 0. The zero-order valence-corrected chi connectivity index (χ0v) is 15.4. The minimum Gasteiger partial charge on any atom is -0.335 e. The highest BCUT2D eigenvalue weighted by Gasteiger charge is 2.42. The molecule has 1 heterocycles. The Labute approximate surface area is 152 Å². The Morgan fingerprint density at radius 2 is 1.79 bits per heavy atom. The van der Waals surface area contributed by atoms with Crippen molar-refractivity contribution in [2.75, 3.05) is 0 Å². The highest BCUT2D eigenvalue weighted by molar-refractivity contribution is 8.14. The molecule has 1 saturated heterocycles. The van der Waals surface area contributed by atoms with E-state index in [9.17, 15) is 9.59 Å². The van der Waals surface area contributed by atoms with Crippen LogP contribution in [0.4, 0.5) is 9.59 Å². The fourth-order valence-electron chi connectivity index (χ4n) is 3.50. The molecule has 0 spiro atoms. The number of urea groups is 1. The van der Waals surface area contributed by atoms with Gasteiger partial charge in [0.2, 0.25) is 0 Å². The molecule has 2 atom stereocenters. The molecule has 1 N–H and O–H groups in total. The summed E-state index contributed by atoms with van der Waals surface area (Å²) in [6.07, 6.45) is 6.79. The van der Waals surface area contributed by atoms with Crippen molar-refractivity contribution in [3.05, 3.63) is 34.9 Å². The van der Waals surface area contributed by atoms with Gasteiger partial charge < -0.3 is 5.32 Å². The first kappa shape index (κ1) is 17.6. The number of nitrogens with one attached hydrogen (secondary N) is 1. The number of hydrogen-bond acceptors (Lipinski definition) is 3. The van der Waals surface area contributed by atoms with Gasteiger partial charge in [-0.3, -0.25) is 9.69 Å². The number of amides is 3. The lowest BCUT2D eigenvalue weighted by Crippen LogP contribution is -2.47. The Morgan fingerprint density at radius 1 is 1.17 bits per heavy atom. The lowest BCUT2D eigenvalue weighted by Gasteiger charge is -2.25. The van der Waals surface area contributed by atoms with Gasteiger partial charge in [-0.05, 0) is 37.5 Å². The van der Waals surface area contributed by atoms with Gasteiger partial charge in [0.05, 0.1) is 11.3 Å². The van der Waals surface area contributed by atoms with Gasteiger partial charge in [-0.25, -0.2) is 4.79 Å². The molecule has 0 bridgehead atoms. The summed E-state index contributed by atoms with van der Waals surface area (Å²) in [7, 11) is 0. The van der Waals surface area contributed by atoms with Gasteiger partial charge in [-0.15, -0.1) is 0 Å². The van der Waals surface area contributed by atoms with Crippen LogP contribution >= 0.6 is 23.4 Å². The van der Waals surface area contributed by atoms with Crippen LogP contribution in [-0.2, 0) is 0 Å². The number of hydrogen-bond donors (Lipinski definition) is 1. The van der Waals surface area contributed by atoms with Crippen LogP contribution < -0.4 is 5.32 Å². The van der Waals surface area contributed by atoms with Crippen LogP contribution in [0.1, 0.15) is 56.3 Å². The van der Waals surface area contributed by atoms with Crippen molar-refractivity contribution in [2.24, 2.45) is 0 Å². The van der Waals surface area contributed by atoms with E-state index in [0.29, 0.717) is 5.02 Å². The molecule has 0 aromatic heterocycles. The second-order valence-electron chi connectivity index (χ2n) is 6.60. The largest absolute Gasteiger partial charge is 0.335 e. The third kappa shape index (κ3) is 3.89. The minimum atomic E-state index is -0.247. The van der Waals surface area contributed by atoms with Crippen LogP contribution in [0, 0.1) is 0 Å². The SMILES string of the molecule is C[C@@H]1[C@@H](c2ccc(Cl)cc2)SC(=O)N1C(=O)NC1CCCCCC1. The van der Waals surface area contributed by atoms with Crippen molar-refractivity contribution in [3.8, 4) is 0 Å². The summed E-state index contributed by atoms with van der Waals surface area (Å²) in [5.41, 5.74) is 1.02. The van der Waals surface area contributed by atoms with Crippen molar-refractivity contribution in [1.82, 2.24) is 10.2 Å². The lowest BCUT2D eigenvalue weighted by atomic mass is 10.1. The van der Waals surface area contributed by atoms with Crippen molar-refractivity contribution >= 4 is 34.6 Å². The van der Waals surface area contributed by atoms with Gasteiger partial charge in [0.25, 0.3) is 5.24 Å². The summed E-state index contributed by atoms with van der Waals surface area (Å²) >= 11 is 7.15. The average molecular weight is 367 g/mol. The summed E-state index contributed by atoms with van der Waals surface area (Å²) in [6, 6.07) is 7.27. The average Bonchev–Trinajstić information content (AvgIpc) is 2.73. The molecule has 2 fully saturated rings. The van der Waals surface area contributed by atoms with Crippen LogP contribution in [0.5, 0.6) is 0 Å². The predicted octanol–water partition coefficient (Wildman–Crippen LogP) is 5.37. The summed E-state index contributed by atoms with van der Waals surface area (Å²) in [5, 5.41) is 3.53. The smallest absolute Gasteiger partial charge is 0.325 e. The number of benzene rings is 1. The fraction of sp³-hybridized carbons (Fsp3) is 0.556. The van der Waals surface area contributed by atoms with E-state index in [4.69, 9.17) is 11.6 Å². The Kier molecular flexibility index (Phi) is 5.72. The van der Waals surface area contributed by atoms with Gasteiger partial charge in [-0.1, -0.05) is 61.2 Å². The number of carbonyl (C=O) groups excluding carboxylic acids is 2. The molecule has 130 valence electrons. The molecule has 4 nitrogen and oxygen atoms in total.